The second-order valence-electron chi connectivity index (χ2n) is 5.45. The zero-order valence-electron chi connectivity index (χ0n) is 12.8. The van der Waals surface area contributed by atoms with Gasteiger partial charge in [0, 0.05) is 0 Å². The summed E-state index contributed by atoms with van der Waals surface area (Å²) in [5.41, 5.74) is 2.84. The largest absolute Gasteiger partial charge is 0.507 e. The lowest BCUT2D eigenvalue weighted by Crippen LogP contribution is -2.12. The summed E-state index contributed by atoms with van der Waals surface area (Å²) >= 11 is 3.34. The van der Waals surface area contributed by atoms with Crippen LogP contribution in [0.4, 0.5) is 0 Å². The van der Waals surface area contributed by atoms with E-state index >= 15 is 0 Å². The quantitative estimate of drug-likeness (QED) is 0.727. The Kier molecular flexibility index (Phi) is 4.92. The smallest absolute Gasteiger partial charge is 0.137 e. The highest BCUT2D eigenvalue weighted by molar-refractivity contribution is 9.10. The molecule has 1 atom stereocenters. The lowest BCUT2D eigenvalue weighted by Gasteiger charge is -2.18. The lowest BCUT2D eigenvalue weighted by molar-refractivity contribution is 0.470. The monoisotopic (exact) mass is 382 g/mol. The van der Waals surface area contributed by atoms with Crippen LogP contribution in [0.2, 0.25) is 0 Å². The van der Waals surface area contributed by atoms with E-state index in [0.29, 0.717) is 10.0 Å². The molecule has 0 amide bonds. The number of halogens is 1. The molecule has 0 radical (unpaired) electrons. The van der Waals surface area contributed by atoms with E-state index in [4.69, 9.17) is 5.26 Å². The van der Waals surface area contributed by atoms with Gasteiger partial charge in [0.2, 0.25) is 0 Å². The first-order valence-corrected chi connectivity index (χ1v) is 8.28. The Labute approximate surface area is 148 Å². The number of aromatic nitrogens is 3. The van der Waals surface area contributed by atoms with Crippen LogP contribution in [0.25, 0.3) is 0 Å². The zero-order valence-corrected chi connectivity index (χ0v) is 14.4. The Bertz CT molecular complexity index is 854. The van der Waals surface area contributed by atoms with Gasteiger partial charge in [0.1, 0.15) is 18.4 Å². The van der Waals surface area contributed by atoms with E-state index in [9.17, 15) is 5.11 Å². The average molecular weight is 383 g/mol. The number of aromatic hydroxyl groups is 1. The molecule has 120 valence electrons. The number of aryl methyl sites for hydroxylation is 1. The van der Waals surface area contributed by atoms with Gasteiger partial charge in [0.05, 0.1) is 22.1 Å². The highest BCUT2D eigenvalue weighted by Gasteiger charge is 2.15. The second kappa shape index (κ2) is 7.28. The number of nitriles is 1. The van der Waals surface area contributed by atoms with Gasteiger partial charge in [-0.3, -0.25) is 0 Å². The Morgan fingerprint density at radius 3 is 2.62 bits per heavy atom. The zero-order chi connectivity index (χ0) is 16.9. The van der Waals surface area contributed by atoms with Gasteiger partial charge in [0.15, 0.2) is 0 Å². The number of rotatable bonds is 5. The number of phenols is 1. The van der Waals surface area contributed by atoms with Gasteiger partial charge in [-0.2, -0.15) is 10.4 Å². The number of hydrogen-bond acceptors (Lipinski definition) is 4. The van der Waals surface area contributed by atoms with Crippen LogP contribution < -0.4 is 0 Å². The minimum Gasteiger partial charge on any atom is -0.507 e. The molecule has 3 aromatic rings. The molecule has 0 spiro atoms. The van der Waals surface area contributed by atoms with Gasteiger partial charge in [-0.15, -0.1) is 0 Å². The molecule has 0 bridgehead atoms. The average Bonchev–Trinajstić information content (AvgIpc) is 3.13. The number of phenolic OH excluding ortho intramolecular Hbond substituents is 1. The third-order valence-electron chi connectivity index (χ3n) is 3.90. The van der Waals surface area contributed by atoms with E-state index in [1.54, 1.807) is 12.4 Å². The third-order valence-corrected chi connectivity index (χ3v) is 4.53. The molecule has 0 saturated heterocycles. The standard InChI is InChI=1S/C18H15BrN4O/c19-16-9-13(4-8-18(16)24)3-7-17(23-12-21-11-22-23)15-5-1-14(10-20)2-6-15/h1-2,4-6,8-9,11-12,17,24H,3,7H2. The first kappa shape index (κ1) is 16.2. The second-order valence-corrected chi connectivity index (χ2v) is 6.30. The highest BCUT2D eigenvalue weighted by atomic mass is 79.9. The fourth-order valence-electron chi connectivity index (χ4n) is 2.62. The molecule has 6 heteroatoms. The van der Waals surface area contributed by atoms with Crippen molar-refractivity contribution in [2.24, 2.45) is 0 Å². The summed E-state index contributed by atoms with van der Waals surface area (Å²) in [5, 5.41) is 22.8. The van der Waals surface area contributed by atoms with Crippen molar-refractivity contribution in [3.63, 3.8) is 0 Å². The van der Waals surface area contributed by atoms with Crippen LogP contribution in [-0.4, -0.2) is 19.9 Å². The van der Waals surface area contributed by atoms with Crippen LogP contribution in [-0.2, 0) is 6.42 Å². The predicted molar refractivity (Wildman–Crippen MR) is 93.4 cm³/mol. The third kappa shape index (κ3) is 3.63. The van der Waals surface area contributed by atoms with Crippen LogP contribution in [0.1, 0.15) is 29.2 Å². The van der Waals surface area contributed by atoms with Crippen molar-refractivity contribution >= 4 is 15.9 Å². The van der Waals surface area contributed by atoms with E-state index < -0.39 is 0 Å². The molecule has 1 N–H and O–H groups in total. The summed E-state index contributed by atoms with van der Waals surface area (Å²) in [6, 6.07) is 15.2. The molecule has 1 aromatic heterocycles. The summed E-state index contributed by atoms with van der Waals surface area (Å²) in [6.07, 6.45) is 4.87. The van der Waals surface area contributed by atoms with Crippen molar-refractivity contribution in [2.75, 3.05) is 0 Å². The molecule has 0 fully saturated rings. The summed E-state index contributed by atoms with van der Waals surface area (Å²) in [7, 11) is 0. The SMILES string of the molecule is N#Cc1ccc(C(CCc2ccc(O)c(Br)c2)n2cncn2)cc1. The minimum atomic E-state index is 0.0350. The lowest BCUT2D eigenvalue weighted by atomic mass is 9.98. The maximum absolute atomic E-state index is 9.60. The van der Waals surface area contributed by atoms with E-state index in [0.717, 1.165) is 24.0 Å². The Morgan fingerprint density at radius 2 is 2.00 bits per heavy atom. The van der Waals surface area contributed by atoms with Crippen molar-refractivity contribution in [3.05, 3.63) is 76.3 Å². The number of benzene rings is 2. The van der Waals surface area contributed by atoms with E-state index in [-0.39, 0.29) is 11.8 Å². The molecule has 1 unspecified atom stereocenters. The van der Waals surface area contributed by atoms with Gasteiger partial charge in [-0.05, 0) is 64.2 Å². The van der Waals surface area contributed by atoms with Crippen LogP contribution >= 0.6 is 15.9 Å². The molecule has 2 aromatic carbocycles. The van der Waals surface area contributed by atoms with Crippen molar-refractivity contribution < 1.29 is 5.11 Å². The van der Waals surface area contributed by atoms with Gasteiger partial charge >= 0.3 is 0 Å². The van der Waals surface area contributed by atoms with Gasteiger partial charge in [-0.25, -0.2) is 9.67 Å². The molecule has 24 heavy (non-hydrogen) atoms. The van der Waals surface area contributed by atoms with E-state index in [1.165, 1.54) is 6.33 Å². The molecule has 0 aliphatic carbocycles. The fourth-order valence-corrected chi connectivity index (χ4v) is 3.05. The molecular formula is C18H15BrN4O. The summed E-state index contributed by atoms with van der Waals surface area (Å²) in [5.74, 6) is 0.235. The summed E-state index contributed by atoms with van der Waals surface area (Å²) < 4.78 is 2.52. The van der Waals surface area contributed by atoms with Crippen LogP contribution in [0.3, 0.4) is 0 Å². The van der Waals surface area contributed by atoms with Crippen molar-refractivity contribution in [2.45, 2.75) is 18.9 Å². The van der Waals surface area contributed by atoms with E-state index in [2.05, 4.69) is 32.1 Å². The van der Waals surface area contributed by atoms with Gasteiger partial charge < -0.3 is 5.11 Å². The molecule has 5 nitrogen and oxygen atoms in total. The minimum absolute atomic E-state index is 0.0350. The van der Waals surface area contributed by atoms with Gasteiger partial charge in [-0.1, -0.05) is 18.2 Å². The van der Waals surface area contributed by atoms with Crippen LogP contribution in [0.15, 0.2) is 59.6 Å². The normalized spacial score (nSPS) is 11.8. The maximum atomic E-state index is 9.60. The van der Waals surface area contributed by atoms with Crippen molar-refractivity contribution in [1.29, 1.82) is 5.26 Å². The molecule has 1 heterocycles. The number of nitrogens with zero attached hydrogens (tertiary/aromatic N) is 4. The predicted octanol–water partition coefficient (Wildman–Crippen LogP) is 3.84. The van der Waals surface area contributed by atoms with Crippen molar-refractivity contribution in [3.8, 4) is 11.8 Å². The molecule has 0 saturated carbocycles. The Morgan fingerprint density at radius 1 is 1.21 bits per heavy atom. The van der Waals surface area contributed by atoms with Crippen LogP contribution in [0.5, 0.6) is 5.75 Å². The Balaban J connectivity index is 1.82. The molecular weight excluding hydrogens is 368 g/mol. The van der Waals surface area contributed by atoms with Gasteiger partial charge in [0.25, 0.3) is 0 Å². The molecule has 3 rings (SSSR count). The number of hydrogen-bond donors (Lipinski definition) is 1. The van der Waals surface area contributed by atoms with Crippen LogP contribution in [0, 0.1) is 11.3 Å². The topological polar surface area (TPSA) is 74.7 Å². The molecule has 0 aliphatic rings. The molecule has 0 aliphatic heterocycles. The fraction of sp³-hybridized carbons (Fsp3) is 0.167. The summed E-state index contributed by atoms with van der Waals surface area (Å²) in [4.78, 5) is 4.04. The van der Waals surface area contributed by atoms with Crippen molar-refractivity contribution in [1.82, 2.24) is 14.8 Å². The van der Waals surface area contributed by atoms with E-state index in [1.807, 2.05) is 41.1 Å². The maximum Gasteiger partial charge on any atom is 0.137 e. The first-order valence-electron chi connectivity index (χ1n) is 7.49. The highest BCUT2D eigenvalue weighted by Crippen LogP contribution is 2.27. The summed E-state index contributed by atoms with van der Waals surface area (Å²) in [6.45, 7) is 0. The Hall–Kier alpha value is -2.65. The first-order chi connectivity index (χ1) is 11.7.